The molecule has 0 heterocycles. The van der Waals surface area contributed by atoms with E-state index in [9.17, 15) is 24.2 Å². The van der Waals surface area contributed by atoms with Crippen LogP contribution in [-0.2, 0) is 32.7 Å². The molecule has 3 N–H and O–H groups in total. The van der Waals surface area contributed by atoms with Crippen molar-refractivity contribution >= 4 is 19.8 Å². The van der Waals surface area contributed by atoms with Gasteiger partial charge in [0.05, 0.1) is 19.8 Å². The number of esters is 2. The van der Waals surface area contributed by atoms with Gasteiger partial charge in [0.1, 0.15) is 12.7 Å². The zero-order chi connectivity index (χ0) is 37.7. The van der Waals surface area contributed by atoms with E-state index >= 15 is 0 Å². The Hall–Kier alpha value is -1.29. The Morgan fingerprint density at radius 3 is 1.41 bits per heavy atom. The molecule has 0 saturated heterocycles. The summed E-state index contributed by atoms with van der Waals surface area (Å²) in [5.74, 6) is -0.927. The predicted octanol–water partition coefficient (Wildman–Crippen LogP) is 10.4. The molecule has 1 unspecified atom stereocenters. The van der Waals surface area contributed by atoms with E-state index in [1.807, 2.05) is 0 Å². The minimum atomic E-state index is -4.61. The van der Waals surface area contributed by atoms with Crippen molar-refractivity contribution in [3.05, 3.63) is 12.2 Å². The van der Waals surface area contributed by atoms with E-state index in [1.54, 1.807) is 0 Å². The number of carbonyl (C=O) groups excluding carboxylic acids is 2. The number of unbranched alkanes of at least 4 members (excludes halogenated alkanes) is 23. The summed E-state index contributed by atoms with van der Waals surface area (Å²) in [7, 11) is -4.61. The normalized spacial score (nSPS) is 14.1. The molecule has 11 heteroatoms. The highest BCUT2D eigenvalue weighted by Crippen LogP contribution is 2.43. The van der Waals surface area contributed by atoms with E-state index in [0.29, 0.717) is 12.8 Å². The number of hydrogen-bond donors (Lipinski definition) is 3. The number of hydrogen-bond acceptors (Lipinski definition) is 9. The molecule has 0 amide bonds. The third-order valence-electron chi connectivity index (χ3n) is 8.92. The second-order valence-electron chi connectivity index (χ2n) is 14.0. The lowest BCUT2D eigenvalue weighted by molar-refractivity contribution is -0.161. The van der Waals surface area contributed by atoms with Gasteiger partial charge in [0.25, 0.3) is 0 Å². The molecule has 0 fully saturated rings. The molecule has 0 aromatic carbocycles. The lowest BCUT2D eigenvalue weighted by atomic mass is 10.0. The first-order valence-electron chi connectivity index (χ1n) is 20.6. The summed E-state index contributed by atoms with van der Waals surface area (Å²) in [6, 6.07) is 0. The van der Waals surface area contributed by atoms with Crippen LogP contribution in [0.5, 0.6) is 0 Å². The lowest BCUT2D eigenvalue weighted by Crippen LogP contribution is -2.29. The average Bonchev–Trinajstić information content (AvgIpc) is 3.12. The van der Waals surface area contributed by atoms with Gasteiger partial charge in [-0.05, 0) is 38.5 Å². The first kappa shape index (κ1) is 49.7. The van der Waals surface area contributed by atoms with Crippen LogP contribution in [0.15, 0.2) is 12.2 Å². The van der Waals surface area contributed by atoms with Gasteiger partial charge in [0, 0.05) is 12.8 Å². The summed E-state index contributed by atoms with van der Waals surface area (Å²) in [5.41, 5.74) is 0. The van der Waals surface area contributed by atoms with Crippen molar-refractivity contribution in [2.24, 2.45) is 0 Å². The van der Waals surface area contributed by atoms with E-state index in [0.717, 1.165) is 51.4 Å². The van der Waals surface area contributed by atoms with Crippen LogP contribution in [0.1, 0.15) is 194 Å². The first-order chi connectivity index (χ1) is 24.7. The Morgan fingerprint density at radius 2 is 0.961 bits per heavy atom. The molecular weight excluding hydrogens is 671 g/mol. The molecular formula is C40H77O10P. The van der Waals surface area contributed by atoms with Crippen molar-refractivity contribution in [2.75, 3.05) is 26.4 Å². The number of ether oxygens (including phenoxy) is 2. The molecule has 0 radical (unpaired) electrons. The van der Waals surface area contributed by atoms with Crippen LogP contribution in [0.25, 0.3) is 0 Å². The van der Waals surface area contributed by atoms with Gasteiger partial charge in [-0.15, -0.1) is 0 Å². The minimum absolute atomic E-state index is 0.188. The number of rotatable bonds is 39. The van der Waals surface area contributed by atoms with Gasteiger partial charge >= 0.3 is 19.8 Å². The largest absolute Gasteiger partial charge is 0.472 e. The van der Waals surface area contributed by atoms with Crippen molar-refractivity contribution in [3.8, 4) is 0 Å². The summed E-state index contributed by atoms with van der Waals surface area (Å²) in [6.45, 7) is 2.37. The number of allylic oxidation sites excluding steroid dienone is 2. The van der Waals surface area contributed by atoms with Gasteiger partial charge in [-0.1, -0.05) is 154 Å². The van der Waals surface area contributed by atoms with Gasteiger partial charge in [0.2, 0.25) is 0 Å². The number of phosphoric acid groups is 1. The third kappa shape index (κ3) is 36.8. The lowest BCUT2D eigenvalue weighted by Gasteiger charge is -2.20. The van der Waals surface area contributed by atoms with Gasteiger partial charge in [-0.25, -0.2) is 4.57 Å². The monoisotopic (exact) mass is 749 g/mol. The zero-order valence-corrected chi connectivity index (χ0v) is 33.5. The first-order valence-corrected chi connectivity index (χ1v) is 22.1. The zero-order valence-electron chi connectivity index (χ0n) is 32.6. The van der Waals surface area contributed by atoms with Crippen molar-refractivity contribution in [1.29, 1.82) is 0 Å². The van der Waals surface area contributed by atoms with Crippen molar-refractivity contribution in [1.82, 2.24) is 0 Å². The molecule has 0 aliphatic heterocycles. The summed E-state index contributed by atoms with van der Waals surface area (Å²) in [4.78, 5) is 34.9. The average molecular weight is 749 g/mol. The number of carbonyl (C=O) groups is 2. The van der Waals surface area contributed by atoms with Crippen LogP contribution in [0, 0.1) is 0 Å². The highest BCUT2D eigenvalue weighted by molar-refractivity contribution is 7.47. The summed E-state index contributed by atoms with van der Waals surface area (Å²) in [5, 5.41) is 18.3. The second kappa shape index (κ2) is 37.0. The molecule has 0 aromatic heterocycles. The Balaban J connectivity index is 4.32. The van der Waals surface area contributed by atoms with Crippen molar-refractivity contribution in [3.63, 3.8) is 0 Å². The highest BCUT2D eigenvalue weighted by Gasteiger charge is 2.27. The molecule has 0 aliphatic rings. The maximum absolute atomic E-state index is 12.6. The minimum Gasteiger partial charge on any atom is -0.462 e. The van der Waals surface area contributed by atoms with Crippen LogP contribution in [-0.4, -0.2) is 65.7 Å². The van der Waals surface area contributed by atoms with Crippen molar-refractivity contribution in [2.45, 2.75) is 206 Å². The highest BCUT2D eigenvalue weighted by atomic mass is 31.2. The molecule has 10 nitrogen and oxygen atoms in total. The Morgan fingerprint density at radius 1 is 0.569 bits per heavy atom. The number of aliphatic hydroxyl groups excluding tert-OH is 2. The Bertz CT molecular complexity index is 868. The third-order valence-corrected chi connectivity index (χ3v) is 9.87. The molecule has 0 aromatic rings. The van der Waals surface area contributed by atoms with Crippen molar-refractivity contribution < 1.29 is 47.8 Å². The fourth-order valence-electron chi connectivity index (χ4n) is 5.69. The standard InChI is InChI=1S/C40H77O10P/c1-3-5-7-9-11-13-15-17-19-21-23-25-27-29-31-39(43)47-35-38(36-49-51(45,46)48-34-37(42)33-41)50-40(44)32-30-28-26-24-22-20-18-16-14-12-10-8-6-4-2/h15,17,37-38,41-42H,3-14,16,18-36H2,1-2H3,(H,45,46)/b17-15+/t37-,38+/m0/s1. The van der Waals surface area contributed by atoms with E-state index in [2.05, 4.69) is 30.5 Å². The molecule has 302 valence electrons. The predicted molar refractivity (Wildman–Crippen MR) is 205 cm³/mol. The summed E-state index contributed by atoms with van der Waals surface area (Å²) < 4.78 is 32.6. The molecule has 51 heavy (non-hydrogen) atoms. The summed E-state index contributed by atoms with van der Waals surface area (Å²) >= 11 is 0. The topological polar surface area (TPSA) is 149 Å². The van der Waals surface area contributed by atoms with Crippen LogP contribution in [0.4, 0.5) is 0 Å². The van der Waals surface area contributed by atoms with Gasteiger partial charge in [0.15, 0.2) is 6.10 Å². The Labute approximate surface area is 311 Å². The molecule has 0 aliphatic carbocycles. The van der Waals surface area contributed by atoms with Gasteiger partial charge in [-0.2, -0.15) is 0 Å². The molecule has 0 spiro atoms. The molecule has 0 bridgehead atoms. The van der Waals surface area contributed by atoms with E-state index in [4.69, 9.17) is 19.1 Å². The molecule has 0 rings (SSSR count). The van der Waals surface area contributed by atoms with Crippen LogP contribution in [0.2, 0.25) is 0 Å². The van der Waals surface area contributed by atoms with Gasteiger partial charge < -0.3 is 24.6 Å². The Kier molecular flexibility index (Phi) is 36.1. The smallest absolute Gasteiger partial charge is 0.462 e. The van der Waals surface area contributed by atoms with Crippen LogP contribution >= 0.6 is 7.82 Å². The number of phosphoric ester groups is 1. The SMILES string of the molecule is CCCCCCC/C=C/CCCCCCCC(=O)OC[C@H](COP(=O)(O)OC[C@@H](O)CO)OC(=O)CCCCCCCCCCCCCCCC. The van der Waals surface area contributed by atoms with Gasteiger partial charge in [-0.3, -0.25) is 18.6 Å². The quantitative estimate of drug-likeness (QED) is 0.0240. The van der Waals surface area contributed by atoms with E-state index in [-0.39, 0.29) is 19.4 Å². The second-order valence-corrected chi connectivity index (χ2v) is 15.5. The van der Waals surface area contributed by atoms with Crippen LogP contribution < -0.4 is 0 Å². The maximum atomic E-state index is 12.6. The summed E-state index contributed by atoms with van der Waals surface area (Å²) in [6.07, 6.45) is 33.2. The van der Waals surface area contributed by atoms with Crippen LogP contribution in [0.3, 0.4) is 0 Å². The van der Waals surface area contributed by atoms with E-state index in [1.165, 1.54) is 103 Å². The number of aliphatic hydroxyl groups is 2. The maximum Gasteiger partial charge on any atom is 0.472 e. The molecule has 0 saturated carbocycles. The fourth-order valence-corrected chi connectivity index (χ4v) is 6.48. The molecule has 3 atom stereocenters. The van der Waals surface area contributed by atoms with E-state index < -0.39 is 51.8 Å². The fraction of sp³-hybridized carbons (Fsp3) is 0.900.